The normalized spacial score (nSPS) is 13.2. The number of benzene rings is 2. The number of aliphatic hydroxyl groups excluding tert-OH is 1. The molecule has 236 valence electrons. The number of hydrogen-bond acceptors (Lipinski definition) is 4. The number of carbonyl (C=O) groups is 1. The molecule has 42 heavy (non-hydrogen) atoms. The van der Waals surface area contributed by atoms with Crippen molar-refractivity contribution in [2.75, 3.05) is 6.61 Å². The summed E-state index contributed by atoms with van der Waals surface area (Å²) >= 11 is 0. The lowest BCUT2D eigenvalue weighted by Gasteiger charge is -2.43. The SMILES string of the molecule is CC(C)(C)OC(=O)C[C@H](O)CCCCCCCCCCCCCCO[Si](c1ccccc1)(c1ccccc1)C(C)(C)C. The fourth-order valence-corrected chi connectivity index (χ4v) is 10.5. The van der Waals surface area contributed by atoms with Crippen LogP contribution in [0.15, 0.2) is 60.7 Å². The molecule has 2 aromatic carbocycles. The smallest absolute Gasteiger partial charge is 0.308 e. The summed E-state index contributed by atoms with van der Waals surface area (Å²) in [7, 11) is -2.40. The molecule has 0 saturated carbocycles. The monoisotopic (exact) mass is 596 g/mol. The van der Waals surface area contributed by atoms with Crippen LogP contribution in [-0.2, 0) is 14.0 Å². The summed E-state index contributed by atoms with van der Waals surface area (Å²) in [4.78, 5) is 11.8. The Balaban J connectivity index is 1.56. The average molecular weight is 597 g/mol. The zero-order chi connectivity index (χ0) is 30.9. The Hall–Kier alpha value is -1.95. The van der Waals surface area contributed by atoms with Crippen LogP contribution in [0.2, 0.25) is 5.04 Å². The first-order valence-electron chi connectivity index (χ1n) is 16.6. The predicted octanol–water partition coefficient (Wildman–Crippen LogP) is 8.73. The van der Waals surface area contributed by atoms with Gasteiger partial charge >= 0.3 is 5.97 Å². The van der Waals surface area contributed by atoms with Crippen molar-refractivity contribution in [1.82, 2.24) is 0 Å². The lowest BCUT2D eigenvalue weighted by molar-refractivity contribution is -0.157. The highest BCUT2D eigenvalue weighted by molar-refractivity contribution is 6.99. The van der Waals surface area contributed by atoms with Gasteiger partial charge in [-0.2, -0.15) is 0 Å². The number of esters is 1. The molecule has 0 fully saturated rings. The number of hydrogen-bond donors (Lipinski definition) is 1. The highest BCUT2D eigenvalue weighted by Crippen LogP contribution is 2.36. The maximum Gasteiger partial charge on any atom is 0.308 e. The largest absolute Gasteiger partial charge is 0.460 e. The molecule has 1 N–H and O–H groups in total. The van der Waals surface area contributed by atoms with Crippen LogP contribution < -0.4 is 10.4 Å². The fraction of sp³-hybridized carbons (Fsp3) is 0.649. The highest BCUT2D eigenvalue weighted by Gasteiger charge is 2.49. The van der Waals surface area contributed by atoms with E-state index in [2.05, 4.69) is 81.4 Å². The predicted molar refractivity (Wildman–Crippen MR) is 180 cm³/mol. The van der Waals surface area contributed by atoms with Crippen molar-refractivity contribution in [3.8, 4) is 0 Å². The molecule has 0 radical (unpaired) electrons. The minimum atomic E-state index is -2.40. The molecule has 0 amide bonds. The van der Waals surface area contributed by atoms with Crippen LogP contribution in [0.25, 0.3) is 0 Å². The summed E-state index contributed by atoms with van der Waals surface area (Å²) < 4.78 is 12.3. The summed E-state index contributed by atoms with van der Waals surface area (Å²) in [5.41, 5.74) is -0.488. The lowest BCUT2D eigenvalue weighted by atomic mass is 10.0. The summed E-state index contributed by atoms with van der Waals surface area (Å²) in [6.45, 7) is 13.4. The van der Waals surface area contributed by atoms with Gasteiger partial charge in [0.1, 0.15) is 5.60 Å². The van der Waals surface area contributed by atoms with Crippen molar-refractivity contribution in [1.29, 1.82) is 0 Å². The minimum absolute atomic E-state index is 0.0404. The van der Waals surface area contributed by atoms with Crippen LogP contribution >= 0.6 is 0 Å². The van der Waals surface area contributed by atoms with Crippen LogP contribution in [-0.4, -0.2) is 37.7 Å². The molecule has 2 aromatic rings. The molecular weight excluding hydrogens is 536 g/mol. The zero-order valence-corrected chi connectivity index (χ0v) is 28.6. The second kappa shape index (κ2) is 18.7. The molecule has 0 aliphatic rings. The Morgan fingerprint density at radius 3 is 1.48 bits per heavy atom. The molecule has 0 unspecified atom stereocenters. The third-order valence-corrected chi connectivity index (χ3v) is 13.0. The van der Waals surface area contributed by atoms with E-state index in [4.69, 9.17) is 9.16 Å². The van der Waals surface area contributed by atoms with Gasteiger partial charge in [-0.1, -0.05) is 152 Å². The second-order valence-electron chi connectivity index (χ2n) is 14.0. The Labute approximate surface area is 258 Å². The van der Waals surface area contributed by atoms with Crippen LogP contribution in [0.5, 0.6) is 0 Å². The van der Waals surface area contributed by atoms with E-state index < -0.39 is 20.0 Å². The third kappa shape index (κ3) is 13.1. The molecule has 0 aliphatic heterocycles. The lowest BCUT2D eigenvalue weighted by Crippen LogP contribution is -2.66. The standard InChI is InChI=1S/C37H60O4Si/c1-36(2,3)41-35(39)31-32(38)25-19-15-13-11-9-7-8-10-12-14-16-24-30-40-42(37(4,5)6,33-26-20-17-21-27-33)34-28-22-18-23-29-34/h17-18,20-23,26-29,32,38H,7-16,19,24-25,30-31H2,1-6H3/t32-/m1/s1. The van der Waals surface area contributed by atoms with Crippen LogP contribution in [0.4, 0.5) is 0 Å². The average Bonchev–Trinajstić information content (AvgIpc) is 2.92. The molecule has 0 heterocycles. The van der Waals surface area contributed by atoms with E-state index in [1.54, 1.807) is 0 Å². The number of unbranched alkanes of at least 4 members (excludes halogenated alkanes) is 11. The van der Waals surface area contributed by atoms with E-state index in [-0.39, 0.29) is 17.4 Å². The van der Waals surface area contributed by atoms with Gasteiger partial charge in [0, 0.05) is 6.61 Å². The molecular formula is C37H60O4Si. The maximum absolute atomic E-state index is 11.8. The first-order chi connectivity index (χ1) is 20.0. The molecule has 0 aliphatic carbocycles. The molecule has 0 saturated heterocycles. The molecule has 5 heteroatoms. The number of carbonyl (C=O) groups excluding carboxylic acids is 1. The van der Waals surface area contributed by atoms with Gasteiger partial charge < -0.3 is 14.3 Å². The topological polar surface area (TPSA) is 55.8 Å². The van der Waals surface area contributed by atoms with E-state index in [1.807, 2.05) is 20.8 Å². The van der Waals surface area contributed by atoms with E-state index in [1.165, 1.54) is 68.2 Å². The van der Waals surface area contributed by atoms with E-state index >= 15 is 0 Å². The first kappa shape index (κ1) is 36.2. The van der Waals surface area contributed by atoms with Gasteiger partial charge in [0.2, 0.25) is 0 Å². The quantitative estimate of drug-likeness (QED) is 0.0943. The van der Waals surface area contributed by atoms with Gasteiger partial charge in [0.05, 0.1) is 12.5 Å². The van der Waals surface area contributed by atoms with Gasteiger partial charge in [-0.3, -0.25) is 4.79 Å². The summed E-state index contributed by atoms with van der Waals surface area (Å²) in [6, 6.07) is 21.9. The molecule has 1 atom stereocenters. The molecule has 4 nitrogen and oxygen atoms in total. The molecule has 0 bridgehead atoms. The Bertz CT molecular complexity index is 939. The number of rotatable bonds is 20. The van der Waals surface area contributed by atoms with Crippen LogP contribution in [0.3, 0.4) is 0 Å². The highest BCUT2D eigenvalue weighted by atomic mass is 28.4. The van der Waals surface area contributed by atoms with Crippen molar-refractivity contribution in [2.45, 2.75) is 148 Å². The zero-order valence-electron chi connectivity index (χ0n) is 27.6. The van der Waals surface area contributed by atoms with E-state index in [0.717, 1.165) is 25.9 Å². The summed E-state index contributed by atoms with van der Waals surface area (Å²) in [5.74, 6) is -0.307. The van der Waals surface area contributed by atoms with Gasteiger partial charge in [-0.15, -0.1) is 0 Å². The molecule has 0 aromatic heterocycles. The van der Waals surface area contributed by atoms with E-state index in [0.29, 0.717) is 6.42 Å². The van der Waals surface area contributed by atoms with Gasteiger partial charge in [-0.25, -0.2) is 0 Å². The van der Waals surface area contributed by atoms with Gasteiger partial charge in [0.15, 0.2) is 0 Å². The van der Waals surface area contributed by atoms with Crippen molar-refractivity contribution >= 4 is 24.7 Å². The van der Waals surface area contributed by atoms with Crippen molar-refractivity contribution in [3.63, 3.8) is 0 Å². The maximum atomic E-state index is 11.8. The molecule has 2 rings (SSSR count). The Morgan fingerprint density at radius 2 is 1.07 bits per heavy atom. The van der Waals surface area contributed by atoms with Crippen LogP contribution in [0.1, 0.15) is 131 Å². The Morgan fingerprint density at radius 1 is 0.667 bits per heavy atom. The van der Waals surface area contributed by atoms with Crippen LogP contribution in [0, 0.1) is 0 Å². The second-order valence-corrected chi connectivity index (χ2v) is 18.3. The Kier molecular flexibility index (Phi) is 16.1. The number of ether oxygens (including phenoxy) is 1. The number of aliphatic hydroxyl groups is 1. The summed E-state index contributed by atoms with van der Waals surface area (Å²) in [5, 5.41) is 12.8. The fourth-order valence-electron chi connectivity index (χ4n) is 5.91. The minimum Gasteiger partial charge on any atom is -0.460 e. The van der Waals surface area contributed by atoms with Crippen molar-refractivity contribution in [3.05, 3.63) is 60.7 Å². The summed E-state index contributed by atoms with van der Waals surface area (Å²) in [6.07, 6.45) is 15.0. The van der Waals surface area contributed by atoms with E-state index in [9.17, 15) is 9.90 Å². The van der Waals surface area contributed by atoms with Crippen molar-refractivity contribution in [2.24, 2.45) is 0 Å². The molecule has 0 spiro atoms. The van der Waals surface area contributed by atoms with Gasteiger partial charge in [0.25, 0.3) is 8.32 Å². The van der Waals surface area contributed by atoms with Crippen molar-refractivity contribution < 1.29 is 19.1 Å². The van der Waals surface area contributed by atoms with Gasteiger partial charge in [-0.05, 0) is 49.0 Å². The third-order valence-electron chi connectivity index (χ3n) is 7.99. The first-order valence-corrected chi connectivity index (χ1v) is 18.5.